The number of alkyl halides is 3. The lowest BCUT2D eigenvalue weighted by molar-refractivity contribution is -0.126. The van der Waals surface area contributed by atoms with Crippen LogP contribution in [-0.2, 0) is 9.59 Å². The number of benzene rings is 3. The van der Waals surface area contributed by atoms with Gasteiger partial charge in [0, 0.05) is 23.6 Å². The molecule has 0 radical (unpaired) electrons. The topological polar surface area (TPSA) is 62.3 Å². The van der Waals surface area contributed by atoms with Crippen LogP contribution in [0.1, 0.15) is 30.1 Å². The zero-order valence-corrected chi connectivity index (χ0v) is 24.6. The molecule has 188 valence electrons. The molecule has 0 unspecified atom stereocenters. The zero-order chi connectivity index (χ0) is 26.4. The smallest absolute Gasteiger partial charge is 0.266 e. The van der Waals surface area contributed by atoms with Gasteiger partial charge in [-0.2, -0.15) is 0 Å². The highest BCUT2D eigenvalue weighted by molar-refractivity contribution is 9.40. The number of aromatic nitrogens is 1. The van der Waals surface area contributed by atoms with Gasteiger partial charge < -0.3 is 5.32 Å². The van der Waals surface area contributed by atoms with E-state index in [9.17, 15) is 9.59 Å². The molecule has 1 N–H and O–H groups in total. The van der Waals surface area contributed by atoms with Gasteiger partial charge in [-0.25, -0.2) is 0 Å². The lowest BCUT2D eigenvalue weighted by Crippen LogP contribution is -2.48. The normalized spacial score (nSPS) is 12.9. The van der Waals surface area contributed by atoms with Gasteiger partial charge in [0.15, 0.2) is 0 Å². The molecule has 0 aliphatic rings. The van der Waals surface area contributed by atoms with Gasteiger partial charge in [-0.3, -0.25) is 19.5 Å². The minimum absolute atomic E-state index is 0.271. The van der Waals surface area contributed by atoms with Crippen LogP contribution in [0.3, 0.4) is 0 Å². The van der Waals surface area contributed by atoms with Crippen LogP contribution in [0.2, 0.25) is 0 Å². The quantitative estimate of drug-likeness (QED) is 0.205. The number of anilines is 1. The molecule has 0 saturated carbocycles. The molecular formula is C29H24Br3N3O2. The molecule has 0 bridgehead atoms. The van der Waals surface area contributed by atoms with Crippen molar-refractivity contribution in [2.24, 2.45) is 0 Å². The van der Waals surface area contributed by atoms with Crippen LogP contribution in [0.15, 0.2) is 109 Å². The number of pyridine rings is 1. The lowest BCUT2D eigenvalue weighted by Gasteiger charge is -2.34. The van der Waals surface area contributed by atoms with E-state index in [0.717, 1.165) is 16.7 Å². The van der Waals surface area contributed by atoms with Gasteiger partial charge in [0.2, 0.25) is 8.05 Å². The van der Waals surface area contributed by atoms with Gasteiger partial charge in [0.1, 0.15) is 6.04 Å². The van der Waals surface area contributed by atoms with Crippen molar-refractivity contribution in [3.63, 3.8) is 0 Å². The Kier molecular flexibility index (Phi) is 8.95. The molecular weight excluding hydrogens is 662 g/mol. The third-order valence-corrected chi connectivity index (χ3v) is 6.90. The number of nitrogens with zero attached hydrogens (tertiary/aromatic N) is 2. The van der Waals surface area contributed by atoms with E-state index >= 15 is 0 Å². The van der Waals surface area contributed by atoms with E-state index in [2.05, 4.69) is 58.1 Å². The van der Waals surface area contributed by atoms with Gasteiger partial charge in [-0.15, -0.1) is 0 Å². The predicted molar refractivity (Wildman–Crippen MR) is 159 cm³/mol. The van der Waals surface area contributed by atoms with E-state index < -0.39 is 14.1 Å². The van der Waals surface area contributed by atoms with E-state index in [1.165, 1.54) is 4.90 Å². The Morgan fingerprint density at radius 1 is 0.784 bits per heavy atom. The van der Waals surface area contributed by atoms with Crippen molar-refractivity contribution in [2.45, 2.75) is 21.2 Å². The number of hydrogen-bond acceptors (Lipinski definition) is 3. The molecule has 5 nitrogen and oxygen atoms in total. The fourth-order valence-corrected chi connectivity index (χ4v) is 4.61. The SMILES string of the molecule is C[C@H](NC(=O)[C@@H](c1cccnc1)N(C(=O)C(Br)(Br)Br)c1ccc(-c2ccccc2)cc1)c1ccccc1. The number of carbonyl (C=O) groups excluding carboxylic acids is 2. The van der Waals surface area contributed by atoms with E-state index in [0.29, 0.717) is 11.3 Å². The van der Waals surface area contributed by atoms with Crippen molar-refractivity contribution in [2.75, 3.05) is 4.90 Å². The molecule has 0 spiro atoms. The number of rotatable bonds is 7. The van der Waals surface area contributed by atoms with Crippen molar-refractivity contribution >= 4 is 65.3 Å². The summed E-state index contributed by atoms with van der Waals surface area (Å²) in [6.45, 7) is 1.91. The largest absolute Gasteiger partial charge is 0.347 e. The van der Waals surface area contributed by atoms with Crippen molar-refractivity contribution in [3.05, 3.63) is 121 Å². The maximum absolute atomic E-state index is 13.9. The maximum Gasteiger partial charge on any atom is 0.266 e. The van der Waals surface area contributed by atoms with Crippen LogP contribution in [0.5, 0.6) is 0 Å². The van der Waals surface area contributed by atoms with Crippen molar-refractivity contribution in [1.29, 1.82) is 0 Å². The second kappa shape index (κ2) is 12.2. The van der Waals surface area contributed by atoms with Crippen LogP contribution in [0, 0.1) is 0 Å². The Bertz CT molecular complexity index is 1330. The average molecular weight is 686 g/mol. The molecule has 1 heterocycles. The van der Waals surface area contributed by atoms with Crippen LogP contribution in [-0.4, -0.2) is 18.9 Å². The standard InChI is InChI=1S/C29H24Br3N3O2/c1-20(21-9-4-2-5-10-21)34-27(36)26(24-13-8-18-33-19-24)35(28(37)29(30,31)32)25-16-14-23(15-17-25)22-11-6-3-7-12-22/h2-20,26H,1H3,(H,34,36)/t20-,26+/m0/s1. The number of hydrogen-bond donors (Lipinski definition) is 1. The van der Waals surface area contributed by atoms with Gasteiger partial charge >= 0.3 is 0 Å². The van der Waals surface area contributed by atoms with E-state index in [1.807, 2.05) is 91.9 Å². The highest BCUT2D eigenvalue weighted by Crippen LogP contribution is 2.40. The number of halogens is 3. The highest BCUT2D eigenvalue weighted by Gasteiger charge is 2.41. The Morgan fingerprint density at radius 3 is 1.92 bits per heavy atom. The van der Waals surface area contributed by atoms with Gasteiger partial charge in [0.05, 0.1) is 6.04 Å². The summed E-state index contributed by atoms with van der Waals surface area (Å²) in [6, 6.07) is 29.5. The molecule has 4 rings (SSSR count). The molecule has 3 aromatic carbocycles. The van der Waals surface area contributed by atoms with Crippen LogP contribution < -0.4 is 10.2 Å². The molecule has 2 amide bonds. The average Bonchev–Trinajstić information content (AvgIpc) is 2.92. The molecule has 0 fully saturated rings. The fourth-order valence-electron chi connectivity index (χ4n) is 4.04. The zero-order valence-electron chi connectivity index (χ0n) is 19.9. The molecule has 0 saturated heterocycles. The summed E-state index contributed by atoms with van der Waals surface area (Å²) in [5.41, 5.74) is 4.16. The number of amides is 2. The molecule has 0 aliphatic heterocycles. The van der Waals surface area contributed by atoms with Gasteiger partial charge in [0.25, 0.3) is 5.91 Å². The van der Waals surface area contributed by atoms with Crippen LogP contribution in [0.25, 0.3) is 11.1 Å². The van der Waals surface area contributed by atoms with E-state index in [4.69, 9.17) is 0 Å². The van der Waals surface area contributed by atoms with Gasteiger partial charge in [-0.05, 0) is 89.6 Å². The van der Waals surface area contributed by atoms with E-state index in [1.54, 1.807) is 24.5 Å². The van der Waals surface area contributed by atoms with Crippen LogP contribution in [0.4, 0.5) is 5.69 Å². The Labute approximate surface area is 241 Å². The molecule has 37 heavy (non-hydrogen) atoms. The third-order valence-electron chi connectivity index (χ3n) is 5.88. The number of carbonyl (C=O) groups is 2. The molecule has 0 aliphatic carbocycles. The predicted octanol–water partition coefficient (Wildman–Crippen LogP) is 7.54. The summed E-state index contributed by atoms with van der Waals surface area (Å²) in [6.07, 6.45) is 3.24. The summed E-state index contributed by atoms with van der Waals surface area (Å²) in [5.74, 6) is -0.738. The molecule has 1 aromatic heterocycles. The monoisotopic (exact) mass is 683 g/mol. The summed E-state index contributed by atoms with van der Waals surface area (Å²) in [4.78, 5) is 33.4. The lowest BCUT2D eigenvalue weighted by atomic mass is 10.0. The summed E-state index contributed by atoms with van der Waals surface area (Å²) in [5, 5.41) is 3.08. The first-order chi connectivity index (χ1) is 17.8. The Balaban J connectivity index is 1.77. The molecule has 4 aromatic rings. The fraction of sp³-hybridized carbons (Fsp3) is 0.138. The summed E-state index contributed by atoms with van der Waals surface area (Å²) < 4.78 is -1.28. The number of nitrogens with one attached hydrogen (secondary N) is 1. The second-order valence-electron chi connectivity index (χ2n) is 8.42. The van der Waals surface area contributed by atoms with Gasteiger partial charge in [-0.1, -0.05) is 78.9 Å². The minimum Gasteiger partial charge on any atom is -0.347 e. The third kappa shape index (κ3) is 6.74. The second-order valence-corrected chi connectivity index (χ2v) is 15.2. The summed E-state index contributed by atoms with van der Waals surface area (Å²) >= 11 is 10.1. The minimum atomic E-state index is -1.28. The first-order valence-corrected chi connectivity index (χ1v) is 13.9. The summed E-state index contributed by atoms with van der Waals surface area (Å²) in [7, 11) is 0. The molecule has 2 atom stereocenters. The molecule has 8 heteroatoms. The van der Waals surface area contributed by atoms with Crippen LogP contribution >= 0.6 is 47.8 Å². The van der Waals surface area contributed by atoms with E-state index in [-0.39, 0.29) is 11.9 Å². The Morgan fingerprint density at radius 2 is 1.35 bits per heavy atom. The Hall–Kier alpha value is -2.81. The van der Waals surface area contributed by atoms with Crippen molar-refractivity contribution in [1.82, 2.24) is 10.3 Å². The van der Waals surface area contributed by atoms with Crippen molar-refractivity contribution in [3.8, 4) is 11.1 Å². The highest BCUT2D eigenvalue weighted by atomic mass is 80.0. The first-order valence-electron chi connectivity index (χ1n) is 11.6. The van der Waals surface area contributed by atoms with Crippen molar-refractivity contribution < 1.29 is 9.59 Å². The first kappa shape index (κ1) is 27.2. The maximum atomic E-state index is 13.9.